The molecule has 4 atom stereocenters. The maximum absolute atomic E-state index is 10.6. The largest absolute Gasteiger partial charge is 0.481 e. The van der Waals surface area contributed by atoms with Gasteiger partial charge in [0.05, 0.1) is 6.42 Å². The lowest BCUT2D eigenvalue weighted by Gasteiger charge is -2.33. The molecule has 4 nitrogen and oxygen atoms in total. The van der Waals surface area contributed by atoms with Crippen LogP contribution in [-0.2, 0) is 4.79 Å². The Hall–Kier alpha value is -1.03. The molecule has 0 radical (unpaired) electrons. The predicted molar refractivity (Wildman–Crippen MR) is 64.0 cm³/mol. The third-order valence-electron chi connectivity index (χ3n) is 4.71. The topological polar surface area (TPSA) is 61.4 Å². The predicted octanol–water partition coefficient (Wildman–Crippen LogP) is 1.65. The molecule has 3 N–H and O–H groups in total. The van der Waals surface area contributed by atoms with E-state index in [0.29, 0.717) is 12.0 Å². The van der Waals surface area contributed by atoms with Gasteiger partial charge in [-0.3, -0.25) is 4.79 Å². The minimum absolute atomic E-state index is 0.126. The summed E-state index contributed by atoms with van der Waals surface area (Å²) in [6.45, 7) is 0. The van der Waals surface area contributed by atoms with Gasteiger partial charge in [0.25, 0.3) is 0 Å². The van der Waals surface area contributed by atoms with E-state index in [1.807, 2.05) is 6.08 Å². The molecule has 2 aliphatic carbocycles. The molecule has 3 rings (SSSR count). The molecule has 3 fully saturated rings. The van der Waals surface area contributed by atoms with Crippen molar-refractivity contribution in [1.82, 2.24) is 10.9 Å². The first-order chi connectivity index (χ1) is 8.24. The highest BCUT2D eigenvalue weighted by Crippen LogP contribution is 2.46. The van der Waals surface area contributed by atoms with Gasteiger partial charge in [0, 0.05) is 17.7 Å². The van der Waals surface area contributed by atoms with E-state index in [9.17, 15) is 4.79 Å². The van der Waals surface area contributed by atoms with Crippen LogP contribution in [0.1, 0.15) is 38.5 Å². The Morgan fingerprint density at radius 1 is 1.35 bits per heavy atom. The van der Waals surface area contributed by atoms with Crippen molar-refractivity contribution in [3.05, 3.63) is 11.8 Å². The number of fused-ring (bicyclic) bond motifs is 2. The summed E-state index contributed by atoms with van der Waals surface area (Å²) >= 11 is 0. The van der Waals surface area contributed by atoms with Crippen molar-refractivity contribution in [1.29, 1.82) is 0 Å². The fraction of sp³-hybridized carbons (Fsp3) is 0.769. The second-order valence-electron chi connectivity index (χ2n) is 5.66. The number of carbonyl (C=O) groups is 1. The Morgan fingerprint density at radius 2 is 2.12 bits per heavy atom. The van der Waals surface area contributed by atoms with E-state index in [0.717, 1.165) is 17.5 Å². The molecule has 0 aromatic carbocycles. The molecule has 17 heavy (non-hydrogen) atoms. The Balaban J connectivity index is 1.70. The normalized spacial score (nSPS) is 42.0. The maximum atomic E-state index is 10.6. The molecular formula is C13H20N2O2. The Morgan fingerprint density at radius 3 is 2.88 bits per heavy atom. The number of carboxylic acid groups (broad SMARTS) is 1. The lowest BCUT2D eigenvalue weighted by molar-refractivity contribution is -0.136. The second-order valence-corrected chi connectivity index (χ2v) is 5.66. The molecule has 4 unspecified atom stereocenters. The van der Waals surface area contributed by atoms with Crippen LogP contribution in [0.3, 0.4) is 0 Å². The van der Waals surface area contributed by atoms with Crippen molar-refractivity contribution < 1.29 is 9.90 Å². The molecule has 2 saturated carbocycles. The SMILES string of the molecule is O=C(O)CC=C1NNC2CC3CCCC3CC12. The summed E-state index contributed by atoms with van der Waals surface area (Å²) in [5.74, 6) is 1.56. The Labute approximate surface area is 101 Å². The highest BCUT2D eigenvalue weighted by atomic mass is 16.4. The zero-order valence-electron chi connectivity index (χ0n) is 9.98. The van der Waals surface area contributed by atoms with Crippen molar-refractivity contribution in [2.45, 2.75) is 44.6 Å². The minimum Gasteiger partial charge on any atom is -0.481 e. The molecule has 0 amide bonds. The van der Waals surface area contributed by atoms with Crippen molar-refractivity contribution >= 4 is 5.97 Å². The van der Waals surface area contributed by atoms with Gasteiger partial charge >= 0.3 is 5.97 Å². The summed E-state index contributed by atoms with van der Waals surface area (Å²) in [6, 6.07) is 0.523. The quantitative estimate of drug-likeness (QED) is 0.682. The first-order valence-electron chi connectivity index (χ1n) is 6.67. The lowest BCUT2D eigenvalue weighted by atomic mass is 9.72. The van der Waals surface area contributed by atoms with E-state index in [2.05, 4.69) is 10.9 Å². The van der Waals surface area contributed by atoms with Crippen LogP contribution in [0, 0.1) is 17.8 Å². The standard InChI is InChI=1S/C13H20N2O2/c16-13(17)5-4-11-10-6-8-2-1-3-9(8)7-12(10)15-14-11/h4,8-10,12,14-15H,1-3,5-7H2,(H,16,17). The van der Waals surface area contributed by atoms with Crippen molar-refractivity contribution in [2.75, 3.05) is 0 Å². The van der Waals surface area contributed by atoms with Crippen molar-refractivity contribution in [3.8, 4) is 0 Å². The fourth-order valence-electron chi connectivity index (χ4n) is 3.89. The van der Waals surface area contributed by atoms with E-state index >= 15 is 0 Å². The van der Waals surface area contributed by atoms with Crippen LogP contribution in [0.5, 0.6) is 0 Å². The van der Waals surface area contributed by atoms with Gasteiger partial charge in [-0.2, -0.15) is 0 Å². The monoisotopic (exact) mass is 236 g/mol. The highest BCUT2D eigenvalue weighted by molar-refractivity contribution is 5.68. The molecular weight excluding hydrogens is 216 g/mol. The van der Waals surface area contributed by atoms with Crippen molar-refractivity contribution in [3.63, 3.8) is 0 Å². The summed E-state index contributed by atoms with van der Waals surface area (Å²) in [7, 11) is 0. The molecule has 1 aliphatic heterocycles. The van der Waals surface area contributed by atoms with Gasteiger partial charge in [0.2, 0.25) is 0 Å². The number of aliphatic carboxylic acids is 1. The molecule has 3 aliphatic rings. The smallest absolute Gasteiger partial charge is 0.307 e. The summed E-state index contributed by atoms with van der Waals surface area (Å²) in [5, 5.41) is 8.73. The van der Waals surface area contributed by atoms with Gasteiger partial charge in [0.1, 0.15) is 0 Å². The average molecular weight is 236 g/mol. The summed E-state index contributed by atoms with van der Waals surface area (Å²) in [6.07, 6.45) is 8.62. The molecule has 4 heteroatoms. The molecule has 0 aromatic rings. The maximum Gasteiger partial charge on any atom is 0.307 e. The minimum atomic E-state index is -0.752. The molecule has 0 aromatic heterocycles. The van der Waals surface area contributed by atoms with Crippen LogP contribution in [0.25, 0.3) is 0 Å². The van der Waals surface area contributed by atoms with Crippen LogP contribution in [0.2, 0.25) is 0 Å². The van der Waals surface area contributed by atoms with E-state index < -0.39 is 5.97 Å². The number of nitrogens with one attached hydrogen (secondary N) is 2. The molecule has 94 valence electrons. The highest BCUT2D eigenvalue weighted by Gasteiger charge is 2.43. The summed E-state index contributed by atoms with van der Waals surface area (Å²) < 4.78 is 0. The van der Waals surface area contributed by atoms with Gasteiger partial charge in [0.15, 0.2) is 0 Å². The van der Waals surface area contributed by atoms with Crippen LogP contribution in [0.4, 0.5) is 0 Å². The third kappa shape index (κ3) is 2.06. The first kappa shape index (κ1) is 11.1. The van der Waals surface area contributed by atoms with Crippen LogP contribution >= 0.6 is 0 Å². The van der Waals surface area contributed by atoms with E-state index in [1.54, 1.807) is 0 Å². The number of hydrogen-bond donors (Lipinski definition) is 3. The van der Waals surface area contributed by atoms with Gasteiger partial charge in [-0.05, 0) is 24.7 Å². The van der Waals surface area contributed by atoms with Crippen LogP contribution < -0.4 is 10.9 Å². The van der Waals surface area contributed by atoms with Crippen LogP contribution in [-0.4, -0.2) is 17.1 Å². The second kappa shape index (κ2) is 4.33. The Kier molecular flexibility index (Phi) is 2.82. The van der Waals surface area contributed by atoms with E-state index in [-0.39, 0.29) is 6.42 Å². The van der Waals surface area contributed by atoms with Gasteiger partial charge in [-0.25, -0.2) is 5.43 Å². The molecule has 1 saturated heterocycles. The number of rotatable bonds is 2. The Bertz CT molecular complexity index is 353. The average Bonchev–Trinajstić information content (AvgIpc) is 2.88. The van der Waals surface area contributed by atoms with Gasteiger partial charge < -0.3 is 10.5 Å². The number of hydrogen-bond acceptors (Lipinski definition) is 3. The molecule has 1 heterocycles. The van der Waals surface area contributed by atoms with Crippen LogP contribution in [0.15, 0.2) is 11.8 Å². The summed E-state index contributed by atoms with van der Waals surface area (Å²) in [4.78, 5) is 10.6. The first-order valence-corrected chi connectivity index (χ1v) is 6.67. The fourth-order valence-corrected chi connectivity index (χ4v) is 3.89. The molecule has 0 bridgehead atoms. The zero-order chi connectivity index (χ0) is 11.8. The third-order valence-corrected chi connectivity index (χ3v) is 4.71. The number of hydrazine groups is 1. The van der Waals surface area contributed by atoms with Gasteiger partial charge in [-0.15, -0.1) is 0 Å². The van der Waals surface area contributed by atoms with E-state index in [4.69, 9.17) is 5.11 Å². The van der Waals surface area contributed by atoms with Crippen molar-refractivity contribution in [2.24, 2.45) is 17.8 Å². The zero-order valence-corrected chi connectivity index (χ0v) is 9.98. The summed E-state index contributed by atoms with van der Waals surface area (Å²) in [5.41, 5.74) is 7.64. The van der Waals surface area contributed by atoms with Gasteiger partial charge in [-0.1, -0.05) is 25.3 Å². The number of carboxylic acids is 1. The van der Waals surface area contributed by atoms with E-state index in [1.165, 1.54) is 32.1 Å². The lowest BCUT2D eigenvalue weighted by Crippen LogP contribution is -2.38. The molecule has 0 spiro atoms.